The van der Waals surface area contributed by atoms with E-state index >= 15 is 0 Å². The van der Waals surface area contributed by atoms with Gasteiger partial charge in [0.1, 0.15) is 0 Å². The van der Waals surface area contributed by atoms with Crippen molar-refractivity contribution >= 4 is 29.1 Å². The summed E-state index contributed by atoms with van der Waals surface area (Å²) in [5, 5.41) is 8.38. The number of hydrogen-bond donors (Lipinski definition) is 3. The van der Waals surface area contributed by atoms with Crippen molar-refractivity contribution in [3.8, 4) is 0 Å². The lowest BCUT2D eigenvalue weighted by Crippen LogP contribution is -2.32. The van der Waals surface area contributed by atoms with Gasteiger partial charge in [-0.1, -0.05) is 13.8 Å². The number of carbonyl (C=O) groups is 3. The maximum Gasteiger partial charge on any atom is 0.253 e. The van der Waals surface area contributed by atoms with Gasteiger partial charge in [0.2, 0.25) is 5.91 Å². The predicted octanol–water partition coefficient (Wildman–Crippen LogP) is 3.36. The van der Waals surface area contributed by atoms with Crippen LogP contribution in [0.1, 0.15) is 47.4 Å². The normalized spacial score (nSPS) is 10.2. The summed E-state index contributed by atoms with van der Waals surface area (Å²) in [6.07, 6.45) is 1.84. The van der Waals surface area contributed by atoms with E-state index in [0.29, 0.717) is 16.8 Å². The van der Waals surface area contributed by atoms with Gasteiger partial charge < -0.3 is 20.9 Å². The van der Waals surface area contributed by atoms with E-state index in [2.05, 4.69) is 29.8 Å². The number of hydrogen-bond acceptors (Lipinski definition) is 4. The second-order valence-electron chi connectivity index (χ2n) is 6.93. The maximum absolute atomic E-state index is 12.6. The van der Waals surface area contributed by atoms with Crippen LogP contribution in [0.5, 0.6) is 0 Å². The molecule has 0 aromatic heterocycles. The fourth-order valence-electron chi connectivity index (χ4n) is 3.00. The molecule has 0 heterocycles. The number of benzene rings is 2. The maximum atomic E-state index is 12.6. The van der Waals surface area contributed by atoms with Crippen molar-refractivity contribution in [3.63, 3.8) is 0 Å². The van der Waals surface area contributed by atoms with Crippen LogP contribution in [0.3, 0.4) is 0 Å². The lowest BCUT2D eigenvalue weighted by molar-refractivity contribution is -0.114. The molecule has 0 fully saturated rings. The van der Waals surface area contributed by atoms with Crippen LogP contribution in [0.2, 0.25) is 0 Å². The molecule has 0 spiro atoms. The summed E-state index contributed by atoms with van der Waals surface area (Å²) in [5.41, 5.74) is 2.54. The summed E-state index contributed by atoms with van der Waals surface area (Å²) in [4.78, 5) is 38.2. The van der Waals surface area contributed by atoms with Crippen molar-refractivity contribution in [1.29, 1.82) is 0 Å². The zero-order valence-electron chi connectivity index (χ0n) is 17.8. The van der Waals surface area contributed by atoms with Crippen molar-refractivity contribution in [2.24, 2.45) is 0 Å². The van der Waals surface area contributed by atoms with E-state index in [-0.39, 0.29) is 24.3 Å². The molecule has 0 radical (unpaired) electrons. The van der Waals surface area contributed by atoms with Crippen LogP contribution < -0.4 is 16.0 Å². The molecule has 2 aromatic carbocycles. The molecular formula is C23H30N4O3. The summed E-state index contributed by atoms with van der Waals surface area (Å²) in [7, 11) is 1.58. The monoisotopic (exact) mass is 410 g/mol. The molecule has 0 bridgehead atoms. The van der Waals surface area contributed by atoms with Crippen molar-refractivity contribution < 1.29 is 14.4 Å². The highest BCUT2D eigenvalue weighted by Crippen LogP contribution is 2.13. The number of carbonyl (C=O) groups excluding carboxylic acids is 3. The Morgan fingerprint density at radius 2 is 1.33 bits per heavy atom. The summed E-state index contributed by atoms with van der Waals surface area (Å²) in [5.74, 6) is -0.352. The van der Waals surface area contributed by atoms with Crippen molar-refractivity contribution in [1.82, 2.24) is 10.2 Å². The van der Waals surface area contributed by atoms with Crippen LogP contribution in [0.15, 0.2) is 48.5 Å². The third-order valence-corrected chi connectivity index (χ3v) is 4.52. The molecule has 3 amide bonds. The Morgan fingerprint density at radius 1 is 0.800 bits per heavy atom. The van der Waals surface area contributed by atoms with Crippen LogP contribution in [0.25, 0.3) is 0 Å². The topological polar surface area (TPSA) is 90.5 Å². The minimum Gasteiger partial charge on any atom is -0.376 e. The van der Waals surface area contributed by atoms with E-state index in [4.69, 9.17) is 0 Å². The molecule has 0 aliphatic heterocycles. The molecule has 0 atom stereocenters. The third kappa shape index (κ3) is 6.62. The van der Waals surface area contributed by atoms with Gasteiger partial charge in [-0.25, -0.2) is 0 Å². The second-order valence-corrected chi connectivity index (χ2v) is 6.93. The quantitative estimate of drug-likeness (QED) is 0.560. The Balaban J connectivity index is 1.88. The highest BCUT2D eigenvalue weighted by Gasteiger charge is 2.14. The Hall–Kier alpha value is -3.35. The molecule has 0 saturated heterocycles. The summed E-state index contributed by atoms with van der Waals surface area (Å²) in [6, 6.07) is 13.8. The first-order valence-electron chi connectivity index (χ1n) is 10.2. The average Bonchev–Trinajstić information content (AvgIpc) is 2.77. The Labute approximate surface area is 177 Å². The van der Waals surface area contributed by atoms with Gasteiger partial charge in [-0.15, -0.1) is 0 Å². The highest BCUT2D eigenvalue weighted by atomic mass is 16.2. The molecule has 2 aromatic rings. The molecule has 30 heavy (non-hydrogen) atoms. The number of nitrogens with zero attached hydrogens (tertiary/aromatic N) is 1. The van der Waals surface area contributed by atoms with Gasteiger partial charge in [0.25, 0.3) is 11.8 Å². The van der Waals surface area contributed by atoms with Gasteiger partial charge in [-0.3, -0.25) is 14.4 Å². The van der Waals surface area contributed by atoms with E-state index in [1.807, 2.05) is 4.90 Å². The number of anilines is 2. The van der Waals surface area contributed by atoms with Gasteiger partial charge >= 0.3 is 0 Å². The smallest absolute Gasteiger partial charge is 0.253 e. The van der Waals surface area contributed by atoms with Crippen molar-refractivity contribution in [2.75, 3.05) is 37.3 Å². The van der Waals surface area contributed by atoms with Crippen LogP contribution in [-0.2, 0) is 4.79 Å². The van der Waals surface area contributed by atoms with E-state index in [0.717, 1.165) is 31.6 Å². The van der Waals surface area contributed by atoms with Gasteiger partial charge in [-0.05, 0) is 61.4 Å². The van der Waals surface area contributed by atoms with Crippen LogP contribution in [-0.4, -0.2) is 49.3 Å². The molecule has 0 aliphatic rings. The first-order valence-corrected chi connectivity index (χ1v) is 10.2. The van der Waals surface area contributed by atoms with Gasteiger partial charge in [-0.2, -0.15) is 0 Å². The fraction of sp³-hybridized carbons (Fsp3) is 0.348. The number of rotatable bonds is 10. The third-order valence-electron chi connectivity index (χ3n) is 4.52. The van der Waals surface area contributed by atoms with Gasteiger partial charge in [0, 0.05) is 42.6 Å². The van der Waals surface area contributed by atoms with E-state index < -0.39 is 0 Å². The van der Waals surface area contributed by atoms with Crippen molar-refractivity contribution in [2.45, 2.75) is 26.7 Å². The molecule has 0 aliphatic carbocycles. The average molecular weight is 411 g/mol. The van der Waals surface area contributed by atoms with Crippen LogP contribution in [0, 0.1) is 0 Å². The molecule has 0 saturated carbocycles. The lowest BCUT2D eigenvalue weighted by Gasteiger charge is -2.21. The molecule has 7 nitrogen and oxygen atoms in total. The highest BCUT2D eigenvalue weighted by molar-refractivity contribution is 5.97. The minimum atomic E-state index is -0.206. The Bertz CT molecular complexity index is 842. The number of nitrogens with one attached hydrogen (secondary N) is 3. The summed E-state index contributed by atoms with van der Waals surface area (Å²) >= 11 is 0. The molecular weight excluding hydrogens is 380 g/mol. The first-order chi connectivity index (χ1) is 14.5. The van der Waals surface area contributed by atoms with Crippen LogP contribution >= 0.6 is 0 Å². The van der Waals surface area contributed by atoms with Gasteiger partial charge in [0.15, 0.2) is 0 Å². The Morgan fingerprint density at radius 3 is 1.87 bits per heavy atom. The lowest BCUT2D eigenvalue weighted by atomic mass is 10.1. The predicted molar refractivity (Wildman–Crippen MR) is 120 cm³/mol. The molecule has 2 rings (SSSR count). The zero-order chi connectivity index (χ0) is 21.9. The second kappa shape index (κ2) is 11.6. The van der Waals surface area contributed by atoms with E-state index in [1.165, 1.54) is 0 Å². The summed E-state index contributed by atoms with van der Waals surface area (Å²) < 4.78 is 0. The molecule has 0 unspecified atom stereocenters. The zero-order valence-corrected chi connectivity index (χ0v) is 17.8. The standard InChI is InChI=1S/C23H30N4O3/c1-4-14-27(15-5-2)23(30)18-8-12-20(13-9-18)26-21(28)16-25-19-10-6-17(7-11-19)22(29)24-3/h6-13,25H,4-5,14-16H2,1-3H3,(H,24,29)(H,26,28). The Kier molecular flexibility index (Phi) is 8.87. The SMILES string of the molecule is CCCN(CCC)C(=O)c1ccc(NC(=O)CNc2ccc(C(=O)NC)cc2)cc1. The van der Waals surface area contributed by atoms with Gasteiger partial charge in [0.05, 0.1) is 6.54 Å². The van der Waals surface area contributed by atoms with Crippen molar-refractivity contribution in [3.05, 3.63) is 59.7 Å². The molecule has 7 heteroatoms. The first kappa shape index (κ1) is 22.9. The fourth-order valence-corrected chi connectivity index (χ4v) is 3.00. The van der Waals surface area contributed by atoms with Crippen LogP contribution in [0.4, 0.5) is 11.4 Å². The number of amides is 3. The largest absolute Gasteiger partial charge is 0.376 e. The minimum absolute atomic E-state index is 0.0124. The van der Waals surface area contributed by atoms with E-state index in [9.17, 15) is 14.4 Å². The van der Waals surface area contributed by atoms with E-state index in [1.54, 1.807) is 55.6 Å². The molecule has 160 valence electrons. The molecule has 3 N–H and O–H groups in total. The summed E-state index contributed by atoms with van der Waals surface area (Å²) in [6.45, 7) is 5.67.